The second kappa shape index (κ2) is 7.21. The first kappa shape index (κ1) is 18.4. The summed E-state index contributed by atoms with van der Waals surface area (Å²) >= 11 is 1.31. The number of rotatable bonds is 5. The lowest BCUT2D eigenvalue weighted by molar-refractivity contribution is 0.415. The summed E-state index contributed by atoms with van der Waals surface area (Å²) in [5.74, 6) is 0.492. The topological polar surface area (TPSA) is 89.1 Å². The number of hydrogen-bond donors (Lipinski definition) is 1. The molecule has 0 amide bonds. The fourth-order valence-corrected chi connectivity index (χ4v) is 5.14. The maximum Gasteiger partial charge on any atom is 0.260 e. The Hall–Kier alpha value is -2.97. The van der Waals surface area contributed by atoms with Gasteiger partial charge in [0.2, 0.25) is 0 Å². The minimum Gasteiger partial charge on any atom is -0.497 e. The van der Waals surface area contributed by atoms with Gasteiger partial charge < -0.3 is 9.72 Å². The third-order valence-electron chi connectivity index (χ3n) is 4.32. The molecule has 8 heteroatoms. The maximum absolute atomic E-state index is 12.7. The van der Waals surface area contributed by atoms with Gasteiger partial charge in [-0.15, -0.1) is 11.3 Å². The summed E-state index contributed by atoms with van der Waals surface area (Å²) in [6.07, 6.45) is 0. The normalized spacial score (nSPS) is 11.6. The number of ether oxygens (including phenoxy) is 1. The van der Waals surface area contributed by atoms with Crippen molar-refractivity contribution in [2.45, 2.75) is 10.6 Å². The number of benzene rings is 2. The largest absolute Gasteiger partial charge is 0.497 e. The van der Waals surface area contributed by atoms with E-state index >= 15 is 0 Å². The minimum atomic E-state index is -3.59. The van der Waals surface area contributed by atoms with Crippen LogP contribution >= 0.6 is 11.3 Å². The van der Waals surface area contributed by atoms with Crippen molar-refractivity contribution in [3.63, 3.8) is 0 Å². The van der Waals surface area contributed by atoms with Gasteiger partial charge in [-0.3, -0.25) is 4.79 Å². The van der Waals surface area contributed by atoms with Gasteiger partial charge in [0.15, 0.2) is 9.84 Å². The number of H-pyrrole nitrogens is 1. The molecule has 0 aliphatic carbocycles. The van der Waals surface area contributed by atoms with Crippen LogP contribution < -0.4 is 10.3 Å². The second-order valence-corrected chi connectivity index (χ2v) is 8.99. The van der Waals surface area contributed by atoms with Crippen molar-refractivity contribution in [3.05, 3.63) is 76.2 Å². The van der Waals surface area contributed by atoms with Crippen LogP contribution in [0.2, 0.25) is 0 Å². The molecule has 142 valence electrons. The van der Waals surface area contributed by atoms with Crippen molar-refractivity contribution in [2.75, 3.05) is 7.11 Å². The van der Waals surface area contributed by atoms with Crippen molar-refractivity contribution < 1.29 is 13.2 Å². The van der Waals surface area contributed by atoms with Crippen molar-refractivity contribution >= 4 is 31.4 Å². The molecule has 0 fully saturated rings. The summed E-state index contributed by atoms with van der Waals surface area (Å²) in [6, 6.07) is 15.5. The van der Waals surface area contributed by atoms with Gasteiger partial charge in [-0.25, -0.2) is 13.4 Å². The molecule has 0 atom stereocenters. The zero-order valence-corrected chi connectivity index (χ0v) is 16.5. The fraction of sp³-hybridized carbons (Fsp3) is 0.100. The SMILES string of the molecule is COc1ccc(-c2csc3nc(CS(=O)(=O)c4ccccc4)[nH]c(=O)c23)cc1. The highest BCUT2D eigenvalue weighted by Gasteiger charge is 2.19. The first-order chi connectivity index (χ1) is 13.5. The monoisotopic (exact) mass is 412 g/mol. The van der Waals surface area contributed by atoms with Crippen molar-refractivity contribution in [3.8, 4) is 16.9 Å². The lowest BCUT2D eigenvalue weighted by Crippen LogP contribution is -2.15. The molecule has 0 spiro atoms. The number of hydrogen-bond acceptors (Lipinski definition) is 6. The highest BCUT2D eigenvalue weighted by molar-refractivity contribution is 7.90. The molecule has 1 N–H and O–H groups in total. The minimum absolute atomic E-state index is 0.129. The van der Waals surface area contributed by atoms with Gasteiger partial charge in [0, 0.05) is 10.9 Å². The predicted molar refractivity (Wildman–Crippen MR) is 110 cm³/mol. The Morgan fingerprint density at radius 1 is 1.07 bits per heavy atom. The molecule has 6 nitrogen and oxygen atoms in total. The van der Waals surface area contributed by atoms with Gasteiger partial charge in [0.05, 0.1) is 17.4 Å². The van der Waals surface area contributed by atoms with E-state index in [1.165, 1.54) is 23.5 Å². The third kappa shape index (κ3) is 3.44. The highest BCUT2D eigenvalue weighted by atomic mass is 32.2. The van der Waals surface area contributed by atoms with Crippen LogP contribution in [0.4, 0.5) is 0 Å². The summed E-state index contributed by atoms with van der Waals surface area (Å²) in [5.41, 5.74) is 1.27. The van der Waals surface area contributed by atoms with E-state index in [0.717, 1.165) is 16.9 Å². The van der Waals surface area contributed by atoms with E-state index in [0.29, 0.717) is 10.2 Å². The molecule has 2 aromatic heterocycles. The zero-order valence-electron chi connectivity index (χ0n) is 14.9. The van der Waals surface area contributed by atoms with Gasteiger partial charge >= 0.3 is 0 Å². The quantitative estimate of drug-likeness (QED) is 0.541. The van der Waals surface area contributed by atoms with Crippen molar-refractivity contribution in [1.82, 2.24) is 9.97 Å². The molecule has 28 heavy (non-hydrogen) atoms. The maximum atomic E-state index is 12.7. The molecule has 2 heterocycles. The smallest absolute Gasteiger partial charge is 0.260 e. The molecule has 4 rings (SSSR count). The molecular formula is C20H16N2O4S2. The molecular weight excluding hydrogens is 396 g/mol. The summed E-state index contributed by atoms with van der Waals surface area (Å²) in [7, 11) is -2.00. The summed E-state index contributed by atoms with van der Waals surface area (Å²) in [4.78, 5) is 20.4. The van der Waals surface area contributed by atoms with E-state index in [-0.39, 0.29) is 22.0 Å². The number of nitrogens with zero attached hydrogens (tertiary/aromatic N) is 1. The summed E-state index contributed by atoms with van der Waals surface area (Å²) < 4.78 is 30.3. The highest BCUT2D eigenvalue weighted by Crippen LogP contribution is 2.31. The Bertz CT molecular complexity index is 1290. The molecule has 0 saturated carbocycles. The zero-order chi connectivity index (χ0) is 19.7. The molecule has 2 aromatic carbocycles. The standard InChI is InChI=1S/C20H16N2O4S2/c1-26-14-9-7-13(8-10-14)16-11-27-20-18(16)19(23)21-17(22-20)12-28(24,25)15-5-3-2-4-6-15/h2-11H,12H2,1H3,(H,21,22,23). The predicted octanol–water partition coefficient (Wildman–Crippen LogP) is 3.63. The van der Waals surface area contributed by atoms with Gasteiger partial charge in [-0.1, -0.05) is 30.3 Å². The lowest BCUT2D eigenvalue weighted by atomic mass is 10.1. The molecule has 4 aromatic rings. The van der Waals surface area contributed by atoms with E-state index in [9.17, 15) is 13.2 Å². The molecule has 0 unspecified atom stereocenters. The Kier molecular flexibility index (Phi) is 4.74. The van der Waals surface area contributed by atoms with Crippen LogP contribution in [0.25, 0.3) is 21.3 Å². The molecule has 0 aliphatic heterocycles. The first-order valence-corrected chi connectivity index (χ1v) is 10.9. The van der Waals surface area contributed by atoms with Crippen molar-refractivity contribution in [1.29, 1.82) is 0 Å². The van der Waals surface area contributed by atoms with E-state index in [2.05, 4.69) is 9.97 Å². The van der Waals surface area contributed by atoms with E-state index < -0.39 is 9.84 Å². The average molecular weight is 412 g/mol. The summed E-state index contributed by atoms with van der Waals surface area (Å²) in [5, 5.41) is 2.31. The van der Waals surface area contributed by atoms with Crippen LogP contribution in [0.3, 0.4) is 0 Å². The average Bonchev–Trinajstić information content (AvgIpc) is 3.13. The second-order valence-electron chi connectivity index (χ2n) is 6.14. The Balaban J connectivity index is 1.73. The van der Waals surface area contributed by atoms with Gasteiger partial charge in [-0.05, 0) is 29.8 Å². The molecule has 0 aliphatic rings. The Labute approximate surface area is 165 Å². The van der Waals surface area contributed by atoms with E-state index in [1.807, 2.05) is 29.6 Å². The Morgan fingerprint density at radius 2 is 1.79 bits per heavy atom. The van der Waals surface area contributed by atoms with Crippen LogP contribution in [0.15, 0.2) is 69.7 Å². The number of fused-ring (bicyclic) bond motifs is 1. The number of sulfone groups is 1. The van der Waals surface area contributed by atoms with Crippen LogP contribution in [-0.4, -0.2) is 25.5 Å². The van der Waals surface area contributed by atoms with E-state index in [1.54, 1.807) is 25.3 Å². The van der Waals surface area contributed by atoms with Gasteiger partial charge in [-0.2, -0.15) is 0 Å². The number of nitrogens with one attached hydrogen (secondary N) is 1. The summed E-state index contributed by atoms with van der Waals surface area (Å²) in [6.45, 7) is 0. The van der Waals surface area contributed by atoms with E-state index in [4.69, 9.17) is 4.74 Å². The molecule has 0 bridgehead atoms. The first-order valence-electron chi connectivity index (χ1n) is 8.40. The van der Waals surface area contributed by atoms with Gasteiger partial charge in [0.1, 0.15) is 22.2 Å². The van der Waals surface area contributed by atoms with Gasteiger partial charge in [0.25, 0.3) is 5.56 Å². The number of aromatic amines is 1. The molecule has 0 radical (unpaired) electrons. The number of thiophene rings is 1. The van der Waals surface area contributed by atoms with Crippen LogP contribution in [0, 0.1) is 0 Å². The molecule has 0 saturated heterocycles. The fourth-order valence-electron chi connectivity index (χ4n) is 2.94. The van der Waals surface area contributed by atoms with Crippen molar-refractivity contribution in [2.24, 2.45) is 0 Å². The van der Waals surface area contributed by atoms with Crippen LogP contribution in [0.1, 0.15) is 5.82 Å². The number of methoxy groups -OCH3 is 1. The number of aromatic nitrogens is 2. The lowest BCUT2D eigenvalue weighted by Gasteiger charge is -2.05. The van der Waals surface area contributed by atoms with Crippen LogP contribution in [-0.2, 0) is 15.6 Å². The third-order valence-corrected chi connectivity index (χ3v) is 6.84. The van der Waals surface area contributed by atoms with Crippen LogP contribution in [0.5, 0.6) is 5.75 Å². The Morgan fingerprint density at radius 3 is 2.46 bits per heavy atom.